The first-order valence-corrected chi connectivity index (χ1v) is 13.3. The fourth-order valence-corrected chi connectivity index (χ4v) is 4.78. The first-order valence-electron chi connectivity index (χ1n) is 13.3. The lowest BCUT2D eigenvalue weighted by molar-refractivity contribution is 1.16. The van der Waals surface area contributed by atoms with Crippen LogP contribution in [0.4, 0.5) is 0 Å². The molecule has 8 nitrogen and oxygen atoms in total. The summed E-state index contributed by atoms with van der Waals surface area (Å²) in [5.74, 6) is 2.54. The van der Waals surface area contributed by atoms with Crippen molar-refractivity contribution in [2.45, 2.75) is 0 Å². The van der Waals surface area contributed by atoms with Gasteiger partial charge in [-0.05, 0) is 89.0 Å². The molecule has 0 aliphatic heterocycles. The van der Waals surface area contributed by atoms with Crippen LogP contribution >= 0.6 is 0 Å². The second-order valence-corrected chi connectivity index (χ2v) is 9.47. The van der Waals surface area contributed by atoms with Crippen molar-refractivity contribution in [2.75, 3.05) is 0 Å². The lowest BCUT2D eigenvalue weighted by Gasteiger charge is -2.12. The van der Waals surface area contributed by atoms with Crippen molar-refractivity contribution in [1.82, 2.24) is 39.9 Å². The molecule has 0 aliphatic carbocycles. The van der Waals surface area contributed by atoms with E-state index >= 15 is 0 Å². The molecule has 0 saturated carbocycles. The van der Waals surface area contributed by atoms with E-state index in [9.17, 15) is 0 Å². The van der Waals surface area contributed by atoms with Gasteiger partial charge in [0.05, 0.1) is 0 Å². The monoisotopic (exact) mass is 542 g/mol. The van der Waals surface area contributed by atoms with Gasteiger partial charge in [-0.2, -0.15) is 0 Å². The molecule has 3 aromatic carbocycles. The Bertz CT molecular complexity index is 1710. The zero-order chi connectivity index (χ0) is 28.1. The molecule has 7 rings (SSSR count). The molecule has 42 heavy (non-hydrogen) atoms. The largest absolute Gasteiger partial charge is 0.237 e. The van der Waals surface area contributed by atoms with Gasteiger partial charge in [0.25, 0.3) is 0 Å². The number of hydrogen-bond acceptors (Lipinski definition) is 8. The molecule has 0 aliphatic rings. The van der Waals surface area contributed by atoms with Crippen LogP contribution in [-0.2, 0) is 0 Å². The Balaban J connectivity index is 1.37. The van der Waals surface area contributed by atoms with Crippen LogP contribution < -0.4 is 0 Å². The van der Waals surface area contributed by atoms with Crippen LogP contribution in [0.3, 0.4) is 0 Å². The van der Waals surface area contributed by atoms with E-state index < -0.39 is 0 Å². The van der Waals surface area contributed by atoms with Crippen LogP contribution in [0, 0.1) is 0 Å². The van der Waals surface area contributed by atoms with E-state index in [1.807, 2.05) is 12.1 Å². The Hall–Kier alpha value is -6.02. The summed E-state index contributed by atoms with van der Waals surface area (Å²) < 4.78 is 0. The molecule has 0 fully saturated rings. The predicted octanol–water partition coefficient (Wildman–Crippen LogP) is 6.85. The van der Waals surface area contributed by atoms with Gasteiger partial charge < -0.3 is 0 Å². The standard InChI is InChI=1S/C34H22N8/c1-6-23(25-17-27(31-35-8-2-9-36-31)21-28(18-25)32-37-10-3-11-38-32)16-24(7-1)26-19-29(33-39-12-4-13-40-33)22-30(20-26)34-41-14-5-15-42-34/h1-22H. The van der Waals surface area contributed by atoms with Gasteiger partial charge >= 0.3 is 0 Å². The van der Waals surface area contributed by atoms with Crippen molar-refractivity contribution in [3.63, 3.8) is 0 Å². The molecule has 0 radical (unpaired) electrons. The number of benzene rings is 3. The molecular formula is C34H22N8. The Labute approximate surface area is 242 Å². The number of aromatic nitrogens is 8. The summed E-state index contributed by atoms with van der Waals surface area (Å²) in [4.78, 5) is 35.9. The molecule has 0 N–H and O–H groups in total. The van der Waals surface area contributed by atoms with Gasteiger partial charge in [-0.15, -0.1) is 0 Å². The zero-order valence-corrected chi connectivity index (χ0v) is 22.3. The second kappa shape index (κ2) is 11.2. The smallest absolute Gasteiger partial charge is 0.159 e. The molecule has 0 saturated heterocycles. The maximum Gasteiger partial charge on any atom is 0.159 e. The highest BCUT2D eigenvalue weighted by molar-refractivity contribution is 5.82. The van der Waals surface area contributed by atoms with Crippen LogP contribution in [0.2, 0.25) is 0 Å². The average molecular weight is 543 g/mol. The molecule has 198 valence electrons. The van der Waals surface area contributed by atoms with Crippen molar-refractivity contribution in [2.24, 2.45) is 0 Å². The van der Waals surface area contributed by atoms with Crippen LogP contribution in [-0.4, -0.2) is 39.9 Å². The van der Waals surface area contributed by atoms with E-state index in [0.29, 0.717) is 23.3 Å². The number of nitrogens with zero attached hydrogens (tertiary/aromatic N) is 8. The van der Waals surface area contributed by atoms with E-state index in [-0.39, 0.29) is 0 Å². The molecule has 7 aromatic rings. The summed E-state index contributed by atoms with van der Waals surface area (Å²) in [7, 11) is 0. The highest BCUT2D eigenvalue weighted by atomic mass is 14.9. The Morgan fingerprint density at radius 2 is 0.476 bits per heavy atom. The summed E-state index contributed by atoms with van der Waals surface area (Å²) in [6.07, 6.45) is 13.9. The van der Waals surface area contributed by atoms with Gasteiger partial charge in [0.1, 0.15) is 0 Å². The van der Waals surface area contributed by atoms with Crippen LogP contribution in [0.15, 0.2) is 135 Å². The maximum atomic E-state index is 4.49. The molecule has 0 spiro atoms. The molecule has 4 heterocycles. The summed E-state index contributed by atoms with van der Waals surface area (Å²) in [6.45, 7) is 0. The minimum atomic E-state index is 0.635. The second-order valence-electron chi connectivity index (χ2n) is 9.47. The van der Waals surface area contributed by atoms with Crippen molar-refractivity contribution >= 4 is 0 Å². The summed E-state index contributed by atoms with van der Waals surface area (Å²) in [5.41, 5.74) is 7.58. The SMILES string of the molecule is c1cnc(-c2cc(-c3cccc(-c4cc(-c5ncccn5)cc(-c5ncccn5)c4)c3)cc(-c3ncccn3)c2)nc1. The van der Waals surface area contributed by atoms with Crippen molar-refractivity contribution < 1.29 is 0 Å². The van der Waals surface area contributed by atoms with E-state index in [1.54, 1.807) is 73.8 Å². The van der Waals surface area contributed by atoms with Crippen molar-refractivity contribution in [3.05, 3.63) is 135 Å². The first-order chi connectivity index (χ1) is 20.8. The average Bonchev–Trinajstić information content (AvgIpc) is 3.09. The maximum absolute atomic E-state index is 4.49. The zero-order valence-electron chi connectivity index (χ0n) is 22.3. The molecule has 0 bridgehead atoms. The molecule has 4 aromatic heterocycles. The lowest BCUT2D eigenvalue weighted by atomic mass is 9.94. The highest BCUT2D eigenvalue weighted by Crippen LogP contribution is 2.35. The van der Waals surface area contributed by atoms with Gasteiger partial charge in [0.2, 0.25) is 0 Å². The number of rotatable bonds is 6. The normalized spacial score (nSPS) is 10.9. The van der Waals surface area contributed by atoms with Gasteiger partial charge in [-0.1, -0.05) is 18.2 Å². The Morgan fingerprint density at radius 1 is 0.238 bits per heavy atom. The minimum absolute atomic E-state index is 0.635. The van der Waals surface area contributed by atoms with Crippen molar-refractivity contribution in [3.8, 4) is 67.8 Å². The van der Waals surface area contributed by atoms with Gasteiger partial charge in [0.15, 0.2) is 23.3 Å². The van der Waals surface area contributed by atoms with Crippen LogP contribution in [0.1, 0.15) is 0 Å². The number of hydrogen-bond donors (Lipinski definition) is 0. The van der Waals surface area contributed by atoms with E-state index in [0.717, 1.165) is 44.5 Å². The van der Waals surface area contributed by atoms with E-state index in [4.69, 9.17) is 0 Å². The van der Waals surface area contributed by atoms with Crippen LogP contribution in [0.25, 0.3) is 67.8 Å². The summed E-state index contributed by atoms with van der Waals surface area (Å²) in [6, 6.07) is 28.1. The molecule has 0 unspecified atom stereocenters. The topological polar surface area (TPSA) is 103 Å². The van der Waals surface area contributed by atoms with Gasteiger partial charge in [-0.25, -0.2) is 39.9 Å². The molecular weight excluding hydrogens is 520 g/mol. The quantitative estimate of drug-likeness (QED) is 0.225. The molecule has 8 heteroatoms. The third kappa shape index (κ3) is 5.24. The third-order valence-electron chi connectivity index (χ3n) is 6.69. The highest BCUT2D eigenvalue weighted by Gasteiger charge is 2.13. The molecule has 0 amide bonds. The third-order valence-corrected chi connectivity index (χ3v) is 6.69. The van der Waals surface area contributed by atoms with Gasteiger partial charge in [-0.3, -0.25) is 0 Å². The van der Waals surface area contributed by atoms with Gasteiger partial charge in [0, 0.05) is 71.8 Å². The van der Waals surface area contributed by atoms with Crippen molar-refractivity contribution in [1.29, 1.82) is 0 Å². The fraction of sp³-hybridized carbons (Fsp3) is 0. The predicted molar refractivity (Wildman–Crippen MR) is 161 cm³/mol. The lowest BCUT2D eigenvalue weighted by Crippen LogP contribution is -1.93. The first kappa shape index (κ1) is 25.0. The minimum Gasteiger partial charge on any atom is -0.237 e. The van der Waals surface area contributed by atoms with E-state index in [2.05, 4.69) is 88.4 Å². The fourth-order valence-electron chi connectivity index (χ4n) is 4.78. The van der Waals surface area contributed by atoms with E-state index in [1.165, 1.54) is 0 Å². The Morgan fingerprint density at radius 3 is 0.762 bits per heavy atom. The molecule has 0 atom stereocenters. The summed E-state index contributed by atoms with van der Waals surface area (Å²) in [5, 5.41) is 0. The summed E-state index contributed by atoms with van der Waals surface area (Å²) >= 11 is 0. The van der Waals surface area contributed by atoms with Crippen LogP contribution in [0.5, 0.6) is 0 Å². The Kier molecular flexibility index (Phi) is 6.68.